The largest absolute Gasteiger partial charge is 0.495 e. The first kappa shape index (κ1) is 19.2. The summed E-state index contributed by atoms with van der Waals surface area (Å²) in [6, 6.07) is 14.8. The number of rotatable bonds is 5. The van der Waals surface area contributed by atoms with E-state index in [1.807, 2.05) is 18.2 Å². The Hall–Kier alpha value is -3.55. The number of ether oxygens (including phenoxy) is 1. The normalized spacial score (nSPS) is 11.0. The molecule has 0 aliphatic carbocycles. The Morgan fingerprint density at radius 3 is 2.50 bits per heavy atom. The first-order valence-electron chi connectivity index (χ1n) is 8.21. The van der Waals surface area contributed by atoms with E-state index in [1.165, 1.54) is 24.4 Å². The number of para-hydroxylation sites is 2. The van der Waals surface area contributed by atoms with Crippen LogP contribution in [-0.4, -0.2) is 18.0 Å². The topological polar surface area (TPSA) is 63.2 Å². The monoisotopic (exact) mass is 387 g/mol. The summed E-state index contributed by atoms with van der Waals surface area (Å²) < 4.78 is 43.5. The van der Waals surface area contributed by atoms with Crippen LogP contribution in [0.25, 0.3) is 0 Å². The molecule has 5 nitrogen and oxygen atoms in total. The van der Waals surface area contributed by atoms with Crippen molar-refractivity contribution < 1.29 is 22.7 Å². The number of hydrogen-bond acceptors (Lipinski definition) is 4. The summed E-state index contributed by atoms with van der Waals surface area (Å²) in [6.45, 7) is 0. The van der Waals surface area contributed by atoms with Crippen LogP contribution in [0.15, 0.2) is 66.9 Å². The summed E-state index contributed by atoms with van der Waals surface area (Å²) in [6.07, 6.45) is -3.14. The smallest absolute Gasteiger partial charge is 0.416 e. The van der Waals surface area contributed by atoms with Gasteiger partial charge in [-0.3, -0.25) is 4.79 Å². The van der Waals surface area contributed by atoms with Gasteiger partial charge in [-0.05, 0) is 42.5 Å². The Bertz CT molecular complexity index is 973. The average molecular weight is 387 g/mol. The molecule has 0 radical (unpaired) electrons. The Morgan fingerprint density at radius 2 is 1.82 bits per heavy atom. The summed E-state index contributed by atoms with van der Waals surface area (Å²) in [4.78, 5) is 16.4. The highest BCUT2D eigenvalue weighted by molar-refractivity contribution is 6.04. The van der Waals surface area contributed by atoms with Crippen LogP contribution in [0.3, 0.4) is 0 Å². The summed E-state index contributed by atoms with van der Waals surface area (Å²) in [5.74, 6) is 0.562. The third kappa shape index (κ3) is 4.59. The molecule has 1 aromatic heterocycles. The van der Waals surface area contributed by atoms with Crippen LogP contribution in [-0.2, 0) is 6.18 Å². The number of pyridine rings is 1. The van der Waals surface area contributed by atoms with Gasteiger partial charge in [-0.2, -0.15) is 13.2 Å². The van der Waals surface area contributed by atoms with E-state index < -0.39 is 17.6 Å². The van der Waals surface area contributed by atoms with Gasteiger partial charge in [0.15, 0.2) is 0 Å². The van der Waals surface area contributed by atoms with E-state index in [0.717, 1.165) is 12.1 Å². The zero-order valence-electron chi connectivity index (χ0n) is 14.7. The number of carbonyl (C=O) groups excluding carboxylic acids is 1. The lowest BCUT2D eigenvalue weighted by Gasteiger charge is -2.11. The molecule has 8 heteroatoms. The zero-order valence-corrected chi connectivity index (χ0v) is 14.7. The molecule has 2 N–H and O–H groups in total. The number of halogens is 3. The van der Waals surface area contributed by atoms with E-state index in [0.29, 0.717) is 17.3 Å². The van der Waals surface area contributed by atoms with Crippen molar-refractivity contribution in [3.8, 4) is 5.75 Å². The van der Waals surface area contributed by atoms with Crippen LogP contribution < -0.4 is 15.4 Å². The SMILES string of the molecule is COc1ccccc1Nc1ccc(C(=O)Nc2cccc(C(F)(F)F)c2)cn1. The van der Waals surface area contributed by atoms with Crippen molar-refractivity contribution in [3.05, 3.63) is 78.0 Å². The number of hydrogen-bond donors (Lipinski definition) is 2. The molecule has 28 heavy (non-hydrogen) atoms. The maximum atomic E-state index is 12.8. The minimum Gasteiger partial charge on any atom is -0.495 e. The predicted octanol–water partition coefficient (Wildman–Crippen LogP) is 5.10. The van der Waals surface area contributed by atoms with E-state index in [9.17, 15) is 18.0 Å². The first-order chi connectivity index (χ1) is 13.4. The van der Waals surface area contributed by atoms with Gasteiger partial charge in [0.2, 0.25) is 0 Å². The van der Waals surface area contributed by atoms with Gasteiger partial charge in [0.1, 0.15) is 11.6 Å². The van der Waals surface area contributed by atoms with Crippen molar-refractivity contribution in [3.63, 3.8) is 0 Å². The van der Waals surface area contributed by atoms with E-state index in [1.54, 1.807) is 19.2 Å². The molecule has 0 saturated carbocycles. The number of carbonyl (C=O) groups is 1. The van der Waals surface area contributed by atoms with E-state index in [4.69, 9.17) is 4.74 Å². The molecule has 2 aromatic carbocycles. The molecule has 3 aromatic rings. The second-order valence-electron chi connectivity index (χ2n) is 5.79. The lowest BCUT2D eigenvalue weighted by atomic mass is 10.2. The number of alkyl halides is 3. The third-order valence-corrected chi connectivity index (χ3v) is 3.84. The van der Waals surface area contributed by atoms with Crippen LogP contribution >= 0.6 is 0 Å². The standard InChI is InChI=1S/C20H16F3N3O2/c1-28-17-8-3-2-7-16(17)26-18-10-9-13(12-24-18)19(27)25-15-6-4-5-14(11-15)20(21,22)23/h2-12H,1H3,(H,24,26)(H,25,27). The van der Waals surface area contributed by atoms with Crippen LogP contribution in [0.4, 0.5) is 30.4 Å². The van der Waals surface area contributed by atoms with Gasteiger partial charge in [0, 0.05) is 11.9 Å². The van der Waals surface area contributed by atoms with Crippen LogP contribution in [0.5, 0.6) is 5.75 Å². The number of aromatic nitrogens is 1. The number of nitrogens with one attached hydrogen (secondary N) is 2. The fourth-order valence-corrected chi connectivity index (χ4v) is 2.46. The molecule has 0 bridgehead atoms. The van der Waals surface area contributed by atoms with Gasteiger partial charge >= 0.3 is 6.18 Å². The fourth-order valence-electron chi connectivity index (χ4n) is 2.46. The molecule has 1 amide bonds. The first-order valence-corrected chi connectivity index (χ1v) is 8.21. The highest BCUT2D eigenvalue weighted by Crippen LogP contribution is 2.31. The van der Waals surface area contributed by atoms with Gasteiger partial charge in [0.25, 0.3) is 5.91 Å². The van der Waals surface area contributed by atoms with Crippen molar-refractivity contribution in [1.29, 1.82) is 0 Å². The highest BCUT2D eigenvalue weighted by Gasteiger charge is 2.30. The second kappa shape index (κ2) is 7.99. The molecular formula is C20H16F3N3O2. The highest BCUT2D eigenvalue weighted by atomic mass is 19.4. The van der Waals surface area contributed by atoms with Crippen molar-refractivity contribution in [2.24, 2.45) is 0 Å². The minimum atomic E-state index is -4.48. The molecule has 0 spiro atoms. The quantitative estimate of drug-likeness (QED) is 0.639. The Balaban J connectivity index is 1.70. The van der Waals surface area contributed by atoms with Crippen molar-refractivity contribution >= 4 is 23.1 Å². The van der Waals surface area contributed by atoms with Crippen LogP contribution in [0.2, 0.25) is 0 Å². The number of benzene rings is 2. The Kier molecular flexibility index (Phi) is 5.49. The lowest BCUT2D eigenvalue weighted by molar-refractivity contribution is -0.137. The number of amides is 1. The maximum Gasteiger partial charge on any atom is 0.416 e. The van der Waals surface area contributed by atoms with Crippen LogP contribution in [0, 0.1) is 0 Å². The van der Waals surface area contributed by atoms with Crippen molar-refractivity contribution in [2.45, 2.75) is 6.18 Å². The summed E-state index contributed by atoms with van der Waals surface area (Å²) in [7, 11) is 1.55. The molecular weight excluding hydrogens is 371 g/mol. The zero-order chi connectivity index (χ0) is 20.1. The summed E-state index contributed by atoms with van der Waals surface area (Å²) in [5.41, 5.74) is 0.137. The van der Waals surface area contributed by atoms with E-state index >= 15 is 0 Å². The Labute approximate surface area is 159 Å². The van der Waals surface area contributed by atoms with Gasteiger partial charge in [-0.15, -0.1) is 0 Å². The molecule has 3 rings (SSSR count). The van der Waals surface area contributed by atoms with Crippen LogP contribution in [0.1, 0.15) is 15.9 Å². The number of nitrogens with zero attached hydrogens (tertiary/aromatic N) is 1. The minimum absolute atomic E-state index is 0.0519. The van der Waals surface area contributed by atoms with Gasteiger partial charge in [-0.25, -0.2) is 4.98 Å². The molecule has 0 saturated heterocycles. The van der Waals surface area contributed by atoms with Crippen molar-refractivity contribution in [1.82, 2.24) is 4.98 Å². The average Bonchev–Trinajstić information content (AvgIpc) is 2.68. The number of anilines is 3. The molecule has 0 aliphatic rings. The molecule has 0 unspecified atom stereocenters. The van der Waals surface area contributed by atoms with E-state index in [2.05, 4.69) is 15.6 Å². The predicted molar refractivity (Wildman–Crippen MR) is 99.9 cm³/mol. The molecule has 0 atom stereocenters. The van der Waals surface area contributed by atoms with Gasteiger partial charge in [-0.1, -0.05) is 18.2 Å². The van der Waals surface area contributed by atoms with E-state index in [-0.39, 0.29) is 11.3 Å². The Morgan fingerprint density at radius 1 is 1.04 bits per heavy atom. The van der Waals surface area contributed by atoms with Gasteiger partial charge in [0.05, 0.1) is 23.9 Å². The molecule has 0 fully saturated rings. The molecule has 144 valence electrons. The summed E-state index contributed by atoms with van der Waals surface area (Å²) >= 11 is 0. The van der Waals surface area contributed by atoms with Gasteiger partial charge < -0.3 is 15.4 Å². The molecule has 0 aliphatic heterocycles. The van der Waals surface area contributed by atoms with Crippen molar-refractivity contribution in [2.75, 3.05) is 17.7 Å². The summed E-state index contributed by atoms with van der Waals surface area (Å²) in [5, 5.41) is 5.51. The molecule has 1 heterocycles. The maximum absolute atomic E-state index is 12.8. The lowest BCUT2D eigenvalue weighted by Crippen LogP contribution is -2.13. The second-order valence-corrected chi connectivity index (χ2v) is 5.79. The number of methoxy groups -OCH3 is 1. The fraction of sp³-hybridized carbons (Fsp3) is 0.100. The third-order valence-electron chi connectivity index (χ3n) is 3.84.